The summed E-state index contributed by atoms with van der Waals surface area (Å²) in [5, 5.41) is 9.89. The molecule has 1 saturated carbocycles. The van der Waals surface area contributed by atoms with Gasteiger partial charge >= 0.3 is 0 Å². The van der Waals surface area contributed by atoms with Gasteiger partial charge in [0, 0.05) is 38.3 Å². The average Bonchev–Trinajstić information content (AvgIpc) is 3.45. The number of β-amino-alcohol motifs (C(OH)–C–C–N with tert-alkyl or cyclic N) is 1. The predicted octanol–water partition coefficient (Wildman–Crippen LogP) is 2.15. The van der Waals surface area contributed by atoms with E-state index in [-0.39, 0.29) is 23.9 Å². The molecule has 1 aromatic rings. The molecular formula is C20H29FN2O3. The van der Waals surface area contributed by atoms with E-state index in [1.54, 1.807) is 12.1 Å². The molecule has 1 aromatic carbocycles. The smallest absolute Gasteiger partial charge is 0.253 e. The lowest BCUT2D eigenvalue weighted by Gasteiger charge is -2.36. The van der Waals surface area contributed by atoms with Gasteiger partial charge in [0.05, 0.1) is 18.8 Å². The number of carbonyl (C=O) groups excluding carboxylic acids is 1. The van der Waals surface area contributed by atoms with Gasteiger partial charge < -0.3 is 14.7 Å². The third kappa shape index (κ3) is 5.50. The first-order valence-electron chi connectivity index (χ1n) is 9.62. The van der Waals surface area contributed by atoms with Crippen LogP contribution in [-0.4, -0.2) is 72.4 Å². The molecule has 2 fully saturated rings. The highest BCUT2D eigenvalue weighted by atomic mass is 19.1. The van der Waals surface area contributed by atoms with Crippen LogP contribution in [0.25, 0.3) is 0 Å². The standard InChI is InChI=1S/C20H29FN2O3/c1-2-18(24)12-22-9-10-26-19(13-22)14-23(11-15-3-4-15)20(25)16-5-7-17(21)8-6-16/h5-8,15,18-19,24H,2-4,9-14H2,1H3/t18-,19-/m0/s1. The molecule has 144 valence electrons. The second-order valence-electron chi connectivity index (χ2n) is 7.47. The third-order valence-electron chi connectivity index (χ3n) is 5.14. The van der Waals surface area contributed by atoms with Crippen LogP contribution in [0.2, 0.25) is 0 Å². The Morgan fingerprint density at radius 1 is 1.35 bits per heavy atom. The molecular weight excluding hydrogens is 335 g/mol. The average molecular weight is 364 g/mol. The van der Waals surface area contributed by atoms with Crippen LogP contribution in [0, 0.1) is 11.7 Å². The molecule has 0 radical (unpaired) electrons. The number of nitrogens with zero attached hydrogens (tertiary/aromatic N) is 2. The summed E-state index contributed by atoms with van der Waals surface area (Å²) in [5.74, 6) is 0.170. The fourth-order valence-corrected chi connectivity index (χ4v) is 3.36. The van der Waals surface area contributed by atoms with E-state index in [1.165, 1.54) is 12.1 Å². The van der Waals surface area contributed by atoms with Crippen LogP contribution in [0.15, 0.2) is 24.3 Å². The first kappa shape index (κ1) is 19.3. The van der Waals surface area contributed by atoms with Crippen molar-refractivity contribution in [2.24, 2.45) is 5.92 Å². The van der Waals surface area contributed by atoms with Crippen molar-refractivity contribution in [3.8, 4) is 0 Å². The van der Waals surface area contributed by atoms with Crippen LogP contribution in [0.3, 0.4) is 0 Å². The van der Waals surface area contributed by atoms with Crippen molar-refractivity contribution in [3.05, 3.63) is 35.6 Å². The van der Waals surface area contributed by atoms with Crippen molar-refractivity contribution in [2.45, 2.75) is 38.4 Å². The van der Waals surface area contributed by atoms with Gasteiger partial charge in [0.25, 0.3) is 5.91 Å². The van der Waals surface area contributed by atoms with Crippen LogP contribution in [0.4, 0.5) is 4.39 Å². The summed E-state index contributed by atoms with van der Waals surface area (Å²) >= 11 is 0. The number of aliphatic hydroxyl groups excluding tert-OH is 1. The fraction of sp³-hybridized carbons (Fsp3) is 0.650. The summed E-state index contributed by atoms with van der Waals surface area (Å²) in [6, 6.07) is 5.74. The fourth-order valence-electron chi connectivity index (χ4n) is 3.36. The number of ether oxygens (including phenoxy) is 1. The molecule has 5 nitrogen and oxygen atoms in total. The molecule has 1 heterocycles. The van der Waals surface area contributed by atoms with Crippen molar-refractivity contribution in [3.63, 3.8) is 0 Å². The molecule has 1 amide bonds. The molecule has 1 N–H and O–H groups in total. The molecule has 1 aliphatic carbocycles. The molecule has 0 unspecified atom stereocenters. The number of benzene rings is 1. The number of amides is 1. The van der Waals surface area contributed by atoms with Gasteiger partial charge in [-0.05, 0) is 49.4 Å². The maximum absolute atomic E-state index is 13.1. The molecule has 1 aliphatic heterocycles. The number of morpholine rings is 1. The summed E-state index contributed by atoms with van der Waals surface area (Å²) in [7, 11) is 0. The summed E-state index contributed by atoms with van der Waals surface area (Å²) < 4.78 is 19.0. The minimum Gasteiger partial charge on any atom is -0.392 e. The first-order valence-corrected chi connectivity index (χ1v) is 9.62. The molecule has 0 spiro atoms. The Bertz CT molecular complexity index is 591. The SMILES string of the molecule is CC[C@H](O)CN1CCO[C@H](CN(CC2CC2)C(=O)c2ccc(F)cc2)C1. The Hall–Kier alpha value is -1.50. The van der Waals surface area contributed by atoms with Gasteiger partial charge in [-0.25, -0.2) is 4.39 Å². The molecule has 2 aliphatic rings. The minimum absolute atomic E-state index is 0.0593. The maximum atomic E-state index is 13.1. The van der Waals surface area contributed by atoms with Gasteiger partial charge in [-0.3, -0.25) is 9.69 Å². The number of rotatable bonds is 8. The number of hydrogen-bond donors (Lipinski definition) is 1. The highest BCUT2D eigenvalue weighted by Gasteiger charge is 2.31. The summed E-state index contributed by atoms with van der Waals surface area (Å²) in [6.07, 6.45) is 2.67. The van der Waals surface area contributed by atoms with Gasteiger partial charge in [0.1, 0.15) is 5.82 Å². The normalized spacial score (nSPS) is 22.2. The second kappa shape index (κ2) is 8.93. The Balaban J connectivity index is 1.62. The molecule has 2 atom stereocenters. The van der Waals surface area contributed by atoms with Gasteiger partial charge in [-0.1, -0.05) is 6.92 Å². The lowest BCUT2D eigenvalue weighted by Crippen LogP contribution is -2.50. The zero-order chi connectivity index (χ0) is 18.5. The summed E-state index contributed by atoms with van der Waals surface area (Å²) in [5.41, 5.74) is 0.515. The molecule has 0 bridgehead atoms. The highest BCUT2D eigenvalue weighted by molar-refractivity contribution is 5.94. The molecule has 0 aromatic heterocycles. The zero-order valence-electron chi connectivity index (χ0n) is 15.4. The minimum atomic E-state index is -0.337. The van der Waals surface area contributed by atoms with Crippen molar-refractivity contribution >= 4 is 5.91 Å². The van der Waals surface area contributed by atoms with Gasteiger partial charge in [-0.15, -0.1) is 0 Å². The van der Waals surface area contributed by atoms with E-state index in [2.05, 4.69) is 4.90 Å². The zero-order valence-corrected chi connectivity index (χ0v) is 15.4. The number of carbonyl (C=O) groups is 1. The van der Waals surface area contributed by atoms with Crippen molar-refractivity contribution in [2.75, 3.05) is 39.3 Å². The predicted molar refractivity (Wildman–Crippen MR) is 97.5 cm³/mol. The van der Waals surface area contributed by atoms with Crippen molar-refractivity contribution < 1.29 is 19.0 Å². The van der Waals surface area contributed by atoms with Crippen LogP contribution in [0.1, 0.15) is 36.5 Å². The van der Waals surface area contributed by atoms with E-state index in [0.717, 1.165) is 38.9 Å². The van der Waals surface area contributed by atoms with E-state index in [1.807, 2.05) is 11.8 Å². The largest absolute Gasteiger partial charge is 0.392 e. The second-order valence-corrected chi connectivity index (χ2v) is 7.47. The molecule has 3 rings (SSSR count). The van der Waals surface area contributed by atoms with Crippen LogP contribution in [0.5, 0.6) is 0 Å². The van der Waals surface area contributed by atoms with E-state index in [4.69, 9.17) is 4.74 Å². The topological polar surface area (TPSA) is 53.0 Å². The van der Waals surface area contributed by atoms with E-state index < -0.39 is 0 Å². The molecule has 1 saturated heterocycles. The van der Waals surface area contributed by atoms with Crippen LogP contribution < -0.4 is 0 Å². The Morgan fingerprint density at radius 3 is 2.73 bits per heavy atom. The quantitative estimate of drug-likeness (QED) is 0.768. The summed E-state index contributed by atoms with van der Waals surface area (Å²) in [4.78, 5) is 17.0. The van der Waals surface area contributed by atoms with Gasteiger partial charge in [0.2, 0.25) is 0 Å². The number of halogens is 1. The van der Waals surface area contributed by atoms with Gasteiger partial charge in [0.15, 0.2) is 0 Å². The lowest BCUT2D eigenvalue weighted by molar-refractivity contribution is -0.0509. The van der Waals surface area contributed by atoms with Crippen LogP contribution >= 0.6 is 0 Å². The maximum Gasteiger partial charge on any atom is 0.253 e. The number of aliphatic hydroxyl groups is 1. The van der Waals surface area contributed by atoms with E-state index >= 15 is 0 Å². The lowest BCUT2D eigenvalue weighted by atomic mass is 10.1. The summed E-state index contributed by atoms with van der Waals surface area (Å²) in [6.45, 7) is 6.02. The Morgan fingerprint density at radius 2 is 2.08 bits per heavy atom. The number of hydrogen-bond acceptors (Lipinski definition) is 4. The Labute approximate surface area is 154 Å². The molecule has 26 heavy (non-hydrogen) atoms. The van der Waals surface area contributed by atoms with Crippen molar-refractivity contribution in [1.82, 2.24) is 9.80 Å². The monoisotopic (exact) mass is 364 g/mol. The van der Waals surface area contributed by atoms with E-state index in [9.17, 15) is 14.3 Å². The van der Waals surface area contributed by atoms with Gasteiger partial charge in [-0.2, -0.15) is 0 Å². The van der Waals surface area contributed by atoms with Crippen molar-refractivity contribution in [1.29, 1.82) is 0 Å². The first-order chi connectivity index (χ1) is 12.5. The Kier molecular flexibility index (Phi) is 6.62. The highest BCUT2D eigenvalue weighted by Crippen LogP contribution is 2.30. The third-order valence-corrected chi connectivity index (χ3v) is 5.14. The molecule has 6 heteroatoms. The van der Waals surface area contributed by atoms with E-state index in [0.29, 0.717) is 31.2 Å². The van der Waals surface area contributed by atoms with Crippen LogP contribution in [-0.2, 0) is 4.74 Å².